The van der Waals surface area contributed by atoms with Crippen molar-refractivity contribution in [2.75, 3.05) is 11.9 Å². The summed E-state index contributed by atoms with van der Waals surface area (Å²) >= 11 is 3.45. The molecule has 100 valence electrons. The molecule has 2 saturated carbocycles. The highest BCUT2D eigenvalue weighted by Gasteiger charge is 2.39. The van der Waals surface area contributed by atoms with Crippen LogP contribution in [0.5, 0.6) is 0 Å². The molecule has 0 spiro atoms. The zero-order valence-electron chi connectivity index (χ0n) is 10.7. The van der Waals surface area contributed by atoms with Crippen LogP contribution < -0.4 is 5.32 Å². The third-order valence-corrected chi connectivity index (χ3v) is 5.14. The van der Waals surface area contributed by atoms with Crippen LogP contribution in [0, 0.1) is 17.8 Å². The van der Waals surface area contributed by atoms with Crippen molar-refractivity contribution < 1.29 is 0 Å². The molecular formula is C14H17BrN4. The summed E-state index contributed by atoms with van der Waals surface area (Å²) in [6.45, 7) is 1.03. The number of halogens is 1. The molecule has 3 atom stereocenters. The Hall–Kier alpha value is -1.10. The van der Waals surface area contributed by atoms with Crippen molar-refractivity contribution in [3.63, 3.8) is 0 Å². The Labute approximate surface area is 120 Å². The van der Waals surface area contributed by atoms with Crippen LogP contribution in [0.1, 0.15) is 25.7 Å². The van der Waals surface area contributed by atoms with Gasteiger partial charge in [0, 0.05) is 25.1 Å². The molecule has 0 aromatic carbocycles. The number of anilines is 1. The summed E-state index contributed by atoms with van der Waals surface area (Å²) in [6, 6.07) is 0. The van der Waals surface area contributed by atoms with Crippen LogP contribution in [0.4, 0.5) is 5.82 Å². The van der Waals surface area contributed by atoms with Crippen LogP contribution >= 0.6 is 15.9 Å². The molecule has 2 bridgehead atoms. The topological polar surface area (TPSA) is 42.2 Å². The van der Waals surface area contributed by atoms with Crippen molar-refractivity contribution in [1.82, 2.24) is 14.4 Å². The first-order valence-electron chi connectivity index (χ1n) is 7.02. The summed E-state index contributed by atoms with van der Waals surface area (Å²) in [6.07, 6.45) is 11.4. The maximum Gasteiger partial charge on any atom is 0.180 e. The summed E-state index contributed by atoms with van der Waals surface area (Å²) in [5, 5.41) is 3.52. The zero-order chi connectivity index (χ0) is 12.8. The van der Waals surface area contributed by atoms with Gasteiger partial charge in [-0.05, 0) is 52.9 Å². The molecule has 1 N–H and O–H groups in total. The van der Waals surface area contributed by atoms with Crippen molar-refractivity contribution in [3.8, 4) is 0 Å². The lowest BCUT2D eigenvalue weighted by molar-refractivity contribution is 0.348. The van der Waals surface area contributed by atoms with E-state index in [1.165, 1.54) is 25.7 Å². The highest BCUT2D eigenvalue weighted by Crippen LogP contribution is 2.48. The lowest BCUT2D eigenvalue weighted by Crippen LogP contribution is -2.20. The van der Waals surface area contributed by atoms with Crippen molar-refractivity contribution >= 4 is 27.4 Å². The lowest BCUT2D eigenvalue weighted by Gasteiger charge is -2.22. The van der Waals surface area contributed by atoms with Crippen molar-refractivity contribution in [2.24, 2.45) is 17.8 Å². The van der Waals surface area contributed by atoms with E-state index in [1.807, 2.05) is 23.0 Å². The molecule has 5 heteroatoms. The Morgan fingerprint density at radius 3 is 3.11 bits per heavy atom. The molecule has 2 aromatic rings. The quantitative estimate of drug-likeness (QED) is 0.943. The van der Waals surface area contributed by atoms with Crippen LogP contribution in [-0.2, 0) is 0 Å². The van der Waals surface area contributed by atoms with Gasteiger partial charge in [-0.15, -0.1) is 0 Å². The largest absolute Gasteiger partial charge is 0.367 e. The number of rotatable bonds is 3. The fraction of sp³-hybridized carbons (Fsp3) is 0.571. The summed E-state index contributed by atoms with van der Waals surface area (Å²) < 4.78 is 2.84. The van der Waals surface area contributed by atoms with Crippen LogP contribution in [0.3, 0.4) is 0 Å². The third kappa shape index (κ3) is 2.04. The molecule has 3 unspecified atom stereocenters. The molecule has 2 heterocycles. The highest BCUT2D eigenvalue weighted by atomic mass is 79.9. The Balaban J connectivity index is 1.53. The monoisotopic (exact) mass is 320 g/mol. The van der Waals surface area contributed by atoms with Gasteiger partial charge in [0.25, 0.3) is 0 Å². The fourth-order valence-electron chi connectivity index (χ4n) is 3.87. The van der Waals surface area contributed by atoms with Gasteiger partial charge in [0.05, 0.1) is 0 Å². The average molecular weight is 321 g/mol. The van der Waals surface area contributed by atoms with Crippen LogP contribution in [0.2, 0.25) is 0 Å². The van der Waals surface area contributed by atoms with Gasteiger partial charge in [0.15, 0.2) is 11.5 Å². The predicted octanol–water partition coefficient (Wildman–Crippen LogP) is 3.34. The molecule has 0 amide bonds. The molecule has 4 nitrogen and oxygen atoms in total. The van der Waals surface area contributed by atoms with E-state index in [-0.39, 0.29) is 0 Å². The maximum absolute atomic E-state index is 4.52. The molecule has 0 saturated heterocycles. The summed E-state index contributed by atoms with van der Waals surface area (Å²) in [5.74, 6) is 3.66. The summed E-state index contributed by atoms with van der Waals surface area (Å²) in [7, 11) is 0. The Morgan fingerprint density at radius 1 is 1.37 bits per heavy atom. The Morgan fingerprint density at radius 2 is 2.32 bits per heavy atom. The van der Waals surface area contributed by atoms with Crippen LogP contribution in [0.15, 0.2) is 23.2 Å². The maximum atomic E-state index is 4.52. The van der Waals surface area contributed by atoms with E-state index >= 15 is 0 Å². The Kier molecular flexibility index (Phi) is 2.76. The van der Waals surface area contributed by atoms with Crippen LogP contribution in [-0.4, -0.2) is 20.9 Å². The molecule has 4 rings (SSSR count). The van der Waals surface area contributed by atoms with Crippen LogP contribution in [0.25, 0.3) is 5.65 Å². The SMILES string of the molecule is Brc1cn2ccnc2c(NCC2CC3CCC2C3)n1. The number of imidazole rings is 1. The Bertz CT molecular complexity index is 609. The number of hydrogen-bond donors (Lipinski definition) is 1. The molecule has 19 heavy (non-hydrogen) atoms. The second-order valence-corrected chi connectivity index (χ2v) is 6.70. The number of fused-ring (bicyclic) bond motifs is 3. The van der Waals surface area contributed by atoms with Gasteiger partial charge in [0.1, 0.15) is 4.60 Å². The van der Waals surface area contributed by atoms with E-state index in [0.717, 1.165) is 40.4 Å². The number of nitrogens with zero attached hydrogens (tertiary/aromatic N) is 3. The van der Waals surface area contributed by atoms with E-state index in [1.54, 1.807) is 0 Å². The van der Waals surface area contributed by atoms with E-state index in [0.29, 0.717) is 0 Å². The van der Waals surface area contributed by atoms with Gasteiger partial charge in [-0.3, -0.25) is 0 Å². The summed E-state index contributed by atoms with van der Waals surface area (Å²) in [5.41, 5.74) is 0.909. The minimum absolute atomic E-state index is 0.828. The van der Waals surface area contributed by atoms with Gasteiger partial charge in [-0.1, -0.05) is 6.42 Å². The number of aromatic nitrogens is 3. The number of nitrogens with one attached hydrogen (secondary N) is 1. The molecule has 2 fully saturated rings. The van der Waals surface area contributed by atoms with Crippen molar-refractivity contribution in [2.45, 2.75) is 25.7 Å². The molecular weight excluding hydrogens is 304 g/mol. The molecule has 0 radical (unpaired) electrons. The minimum Gasteiger partial charge on any atom is -0.367 e. The van der Waals surface area contributed by atoms with Crippen molar-refractivity contribution in [1.29, 1.82) is 0 Å². The van der Waals surface area contributed by atoms with Gasteiger partial charge < -0.3 is 9.72 Å². The second kappa shape index (κ2) is 4.47. The van der Waals surface area contributed by atoms with E-state index < -0.39 is 0 Å². The second-order valence-electron chi connectivity index (χ2n) is 5.89. The van der Waals surface area contributed by atoms with E-state index in [4.69, 9.17) is 0 Å². The van der Waals surface area contributed by atoms with Gasteiger partial charge >= 0.3 is 0 Å². The summed E-state index contributed by atoms with van der Waals surface area (Å²) in [4.78, 5) is 8.89. The van der Waals surface area contributed by atoms with E-state index in [2.05, 4.69) is 31.2 Å². The molecule has 2 aliphatic rings. The van der Waals surface area contributed by atoms with Gasteiger partial charge in [0.2, 0.25) is 0 Å². The predicted molar refractivity (Wildman–Crippen MR) is 78.1 cm³/mol. The fourth-order valence-corrected chi connectivity index (χ4v) is 4.27. The first-order valence-corrected chi connectivity index (χ1v) is 7.82. The zero-order valence-corrected chi connectivity index (χ0v) is 12.3. The lowest BCUT2D eigenvalue weighted by atomic mass is 9.89. The molecule has 2 aromatic heterocycles. The van der Waals surface area contributed by atoms with E-state index in [9.17, 15) is 0 Å². The van der Waals surface area contributed by atoms with Gasteiger partial charge in [-0.25, -0.2) is 9.97 Å². The smallest absolute Gasteiger partial charge is 0.180 e. The minimum atomic E-state index is 0.828. The standard InChI is InChI=1S/C14H17BrN4/c15-12-8-19-4-3-16-14(19)13(18-12)17-7-11-6-9-1-2-10(11)5-9/h3-4,8-11H,1-2,5-7H2,(H,17,18). The van der Waals surface area contributed by atoms with Gasteiger partial charge in [-0.2, -0.15) is 0 Å². The highest BCUT2D eigenvalue weighted by molar-refractivity contribution is 9.10. The molecule has 2 aliphatic carbocycles. The number of hydrogen-bond acceptors (Lipinski definition) is 3. The first kappa shape index (κ1) is 11.7. The average Bonchev–Trinajstić information content (AvgIpc) is 3.10. The first-order chi connectivity index (χ1) is 9.29. The third-order valence-electron chi connectivity index (χ3n) is 4.76. The van der Waals surface area contributed by atoms with Crippen molar-refractivity contribution in [3.05, 3.63) is 23.2 Å². The molecule has 0 aliphatic heterocycles. The normalized spacial score (nSPS) is 29.2.